The summed E-state index contributed by atoms with van der Waals surface area (Å²) in [6.07, 6.45) is -1.20. The summed E-state index contributed by atoms with van der Waals surface area (Å²) in [6.45, 7) is 0.169. The van der Waals surface area contributed by atoms with Gasteiger partial charge in [-0.3, -0.25) is 0 Å². The molecule has 0 saturated carbocycles. The highest BCUT2D eigenvalue weighted by molar-refractivity contribution is 6.68. The van der Waals surface area contributed by atoms with E-state index in [1.165, 1.54) is 0 Å². The maximum Gasteiger partial charge on any atom is 0.231 e. The largest absolute Gasteiger partial charge is 0.454 e. The first-order valence-corrected chi connectivity index (χ1v) is 5.26. The minimum absolute atomic E-state index is 0.169. The van der Waals surface area contributed by atoms with Gasteiger partial charge in [0.2, 0.25) is 10.6 Å². The van der Waals surface area contributed by atoms with Crippen molar-refractivity contribution in [2.75, 3.05) is 6.79 Å². The van der Waals surface area contributed by atoms with Gasteiger partial charge in [-0.05, 0) is 17.7 Å². The van der Waals surface area contributed by atoms with Gasteiger partial charge in [0.25, 0.3) is 0 Å². The van der Waals surface area contributed by atoms with E-state index in [1.807, 2.05) is 0 Å². The third-order valence-electron chi connectivity index (χ3n) is 2.02. The lowest BCUT2D eigenvalue weighted by Crippen LogP contribution is -2.16. The molecule has 0 aliphatic carbocycles. The first-order chi connectivity index (χ1) is 6.98. The lowest BCUT2D eigenvalue weighted by molar-refractivity contribution is 0.172. The van der Waals surface area contributed by atoms with Gasteiger partial charge in [0.1, 0.15) is 6.10 Å². The predicted molar refractivity (Wildman–Crippen MR) is 57.8 cm³/mol. The zero-order chi connectivity index (χ0) is 11.1. The van der Waals surface area contributed by atoms with Crippen LogP contribution in [0.2, 0.25) is 0 Å². The maximum absolute atomic E-state index is 9.70. The maximum atomic E-state index is 9.70. The SMILES string of the molecule is OC(c1ccc2c(c1)OCO2)C(Cl)(Cl)Cl. The zero-order valence-corrected chi connectivity index (χ0v) is 9.68. The molecule has 6 heteroatoms. The second-order valence-corrected chi connectivity index (χ2v) is 5.43. The van der Waals surface area contributed by atoms with Crippen LogP contribution in [0.15, 0.2) is 18.2 Å². The van der Waals surface area contributed by atoms with E-state index < -0.39 is 9.90 Å². The fourth-order valence-electron chi connectivity index (χ4n) is 1.27. The van der Waals surface area contributed by atoms with Crippen molar-refractivity contribution in [2.45, 2.75) is 9.90 Å². The molecule has 1 aliphatic heterocycles. The number of fused-ring (bicyclic) bond motifs is 1. The topological polar surface area (TPSA) is 38.7 Å². The number of aliphatic hydroxyl groups excluding tert-OH is 1. The fraction of sp³-hybridized carbons (Fsp3) is 0.333. The number of hydrogen-bond acceptors (Lipinski definition) is 3. The summed E-state index contributed by atoms with van der Waals surface area (Å²) in [5, 5.41) is 9.70. The Bertz CT molecular complexity index is 375. The quantitative estimate of drug-likeness (QED) is 0.797. The third kappa shape index (κ3) is 2.26. The monoisotopic (exact) mass is 268 g/mol. The average molecular weight is 270 g/mol. The van der Waals surface area contributed by atoms with Crippen LogP contribution in [0.3, 0.4) is 0 Å². The van der Waals surface area contributed by atoms with Crippen LogP contribution in [-0.4, -0.2) is 15.7 Å². The summed E-state index contributed by atoms with van der Waals surface area (Å²) in [4.78, 5) is 0. The highest BCUT2D eigenvalue weighted by Crippen LogP contribution is 2.42. The predicted octanol–water partition coefficient (Wildman–Crippen LogP) is 2.82. The van der Waals surface area contributed by atoms with E-state index in [2.05, 4.69) is 0 Å². The number of ether oxygens (including phenoxy) is 2. The lowest BCUT2D eigenvalue weighted by Gasteiger charge is -2.19. The summed E-state index contributed by atoms with van der Waals surface area (Å²) in [5.41, 5.74) is 0.472. The van der Waals surface area contributed by atoms with E-state index in [-0.39, 0.29) is 6.79 Å². The van der Waals surface area contributed by atoms with Gasteiger partial charge in [-0.25, -0.2) is 0 Å². The van der Waals surface area contributed by atoms with E-state index in [1.54, 1.807) is 18.2 Å². The van der Waals surface area contributed by atoms with E-state index in [9.17, 15) is 5.11 Å². The van der Waals surface area contributed by atoms with Crippen molar-refractivity contribution in [3.05, 3.63) is 23.8 Å². The van der Waals surface area contributed by atoms with Crippen LogP contribution in [0.4, 0.5) is 0 Å². The first kappa shape index (κ1) is 11.1. The van der Waals surface area contributed by atoms with Crippen molar-refractivity contribution in [1.29, 1.82) is 0 Å². The molecule has 15 heavy (non-hydrogen) atoms. The Kier molecular flexibility index (Phi) is 2.90. The summed E-state index contributed by atoms with van der Waals surface area (Å²) in [5.74, 6) is 1.16. The van der Waals surface area contributed by atoms with E-state index in [4.69, 9.17) is 44.3 Å². The standard InChI is InChI=1S/C9H7Cl3O3/c10-9(11,12)8(13)5-1-2-6-7(3-5)15-4-14-6/h1-3,8,13H,4H2. The summed E-state index contributed by atoms with van der Waals surface area (Å²) < 4.78 is 8.50. The molecule has 82 valence electrons. The molecule has 0 amide bonds. The van der Waals surface area contributed by atoms with Gasteiger partial charge >= 0.3 is 0 Å². The molecule has 0 bridgehead atoms. The number of rotatable bonds is 1. The average Bonchev–Trinajstić information content (AvgIpc) is 2.61. The van der Waals surface area contributed by atoms with Crippen LogP contribution < -0.4 is 9.47 Å². The van der Waals surface area contributed by atoms with Crippen molar-refractivity contribution in [3.8, 4) is 11.5 Å². The molecule has 1 aliphatic rings. The Labute approximate surface area is 101 Å². The summed E-state index contributed by atoms with van der Waals surface area (Å²) in [7, 11) is 0. The van der Waals surface area contributed by atoms with E-state index in [0.29, 0.717) is 17.1 Å². The molecule has 0 spiro atoms. The molecule has 0 radical (unpaired) electrons. The van der Waals surface area contributed by atoms with Gasteiger partial charge in [0, 0.05) is 0 Å². The fourth-order valence-corrected chi connectivity index (χ4v) is 1.65. The van der Waals surface area contributed by atoms with Crippen LogP contribution in [0.1, 0.15) is 11.7 Å². The van der Waals surface area contributed by atoms with Gasteiger partial charge in [-0.2, -0.15) is 0 Å². The van der Waals surface area contributed by atoms with E-state index >= 15 is 0 Å². The van der Waals surface area contributed by atoms with Crippen LogP contribution in [0, 0.1) is 0 Å². The number of benzene rings is 1. The second-order valence-electron chi connectivity index (χ2n) is 3.06. The molecule has 0 fully saturated rings. The molecular formula is C9H7Cl3O3. The van der Waals surface area contributed by atoms with Crippen molar-refractivity contribution in [1.82, 2.24) is 0 Å². The number of aliphatic hydroxyl groups is 1. The molecular weight excluding hydrogens is 262 g/mol. The van der Waals surface area contributed by atoms with Crippen molar-refractivity contribution >= 4 is 34.8 Å². The highest BCUT2D eigenvalue weighted by atomic mass is 35.6. The number of hydrogen-bond donors (Lipinski definition) is 1. The smallest absolute Gasteiger partial charge is 0.231 e. The highest BCUT2D eigenvalue weighted by Gasteiger charge is 2.33. The van der Waals surface area contributed by atoms with Gasteiger partial charge in [0.05, 0.1) is 0 Å². The molecule has 1 heterocycles. The van der Waals surface area contributed by atoms with Crippen LogP contribution in [-0.2, 0) is 0 Å². The van der Waals surface area contributed by atoms with Gasteiger partial charge in [-0.1, -0.05) is 40.9 Å². The Hall–Kier alpha value is -0.350. The number of halogens is 3. The van der Waals surface area contributed by atoms with Gasteiger partial charge in [-0.15, -0.1) is 0 Å². The Morgan fingerprint density at radius 3 is 2.53 bits per heavy atom. The van der Waals surface area contributed by atoms with Crippen molar-refractivity contribution in [3.63, 3.8) is 0 Å². The molecule has 0 saturated heterocycles. The van der Waals surface area contributed by atoms with Gasteiger partial charge in [0.15, 0.2) is 11.5 Å². The lowest BCUT2D eigenvalue weighted by atomic mass is 10.1. The normalized spacial score (nSPS) is 16.5. The van der Waals surface area contributed by atoms with Crippen molar-refractivity contribution in [2.24, 2.45) is 0 Å². The molecule has 3 nitrogen and oxygen atoms in total. The number of alkyl halides is 3. The molecule has 1 aromatic rings. The van der Waals surface area contributed by atoms with Crippen molar-refractivity contribution < 1.29 is 14.6 Å². The zero-order valence-electron chi connectivity index (χ0n) is 7.41. The Balaban J connectivity index is 2.31. The summed E-state index contributed by atoms with van der Waals surface area (Å²) in [6, 6.07) is 4.88. The minimum Gasteiger partial charge on any atom is -0.454 e. The third-order valence-corrected chi connectivity index (χ3v) is 2.64. The summed E-state index contributed by atoms with van der Waals surface area (Å²) >= 11 is 16.7. The Morgan fingerprint density at radius 1 is 1.20 bits per heavy atom. The van der Waals surface area contributed by atoms with Crippen LogP contribution in [0.25, 0.3) is 0 Å². The Morgan fingerprint density at radius 2 is 1.87 bits per heavy atom. The first-order valence-electron chi connectivity index (χ1n) is 4.13. The van der Waals surface area contributed by atoms with Gasteiger partial charge < -0.3 is 14.6 Å². The minimum atomic E-state index is -1.76. The molecule has 1 unspecified atom stereocenters. The van der Waals surface area contributed by atoms with Crippen LogP contribution in [0.5, 0.6) is 11.5 Å². The van der Waals surface area contributed by atoms with Crippen LogP contribution >= 0.6 is 34.8 Å². The molecule has 1 N–H and O–H groups in total. The molecule has 1 atom stereocenters. The molecule has 1 aromatic carbocycles. The second kappa shape index (κ2) is 3.91. The molecule has 2 rings (SSSR count). The molecule has 0 aromatic heterocycles. The van der Waals surface area contributed by atoms with E-state index in [0.717, 1.165) is 0 Å².